The van der Waals surface area contributed by atoms with Crippen molar-refractivity contribution in [2.75, 3.05) is 0 Å². The molecule has 0 heterocycles. The third-order valence-corrected chi connectivity index (χ3v) is 0.500. The van der Waals surface area contributed by atoms with Crippen molar-refractivity contribution >= 4 is 0 Å². The summed E-state index contributed by atoms with van der Waals surface area (Å²) in [6, 6.07) is 0. The van der Waals surface area contributed by atoms with Crippen molar-refractivity contribution in [2.24, 2.45) is 0 Å². The van der Waals surface area contributed by atoms with Gasteiger partial charge < -0.3 is 0 Å². The second-order valence-corrected chi connectivity index (χ2v) is 1.29. The van der Waals surface area contributed by atoms with E-state index in [1.165, 1.54) is 12.8 Å². The molecule has 0 atom stereocenters. The van der Waals surface area contributed by atoms with Crippen LogP contribution in [0.3, 0.4) is 0 Å². The normalized spacial score (nSPS) is 4.89. The summed E-state index contributed by atoms with van der Waals surface area (Å²) in [7, 11) is 0. The van der Waals surface area contributed by atoms with Crippen LogP contribution in [0.4, 0.5) is 0 Å². The maximum atomic E-state index is 4.60. The summed E-state index contributed by atoms with van der Waals surface area (Å²) in [5.41, 5.74) is 0. The summed E-state index contributed by atoms with van der Waals surface area (Å²) in [5, 5.41) is 0. The number of unbranched alkanes of at least 4 members (excludes halogenated alkanes) is 1. The molecule has 0 aliphatic rings. The average Bonchev–Trinajstić information content (AvgIpc) is 1.94. The Morgan fingerprint density at radius 2 is 1.22 bits per heavy atom. The third kappa shape index (κ3) is 745. The summed E-state index contributed by atoms with van der Waals surface area (Å²) < 4.78 is 0. The Bertz CT molecular complexity index is 36.5. The lowest BCUT2D eigenvalue weighted by Gasteiger charge is -1.68. The first-order valence-electron chi connectivity index (χ1n) is 3.70. The fraction of sp³-hybridized carbons (Fsp3) is 0.778. The molecular formula is C9H20. The van der Waals surface area contributed by atoms with Gasteiger partial charge in [-0.15, -0.1) is 12.3 Å². The van der Waals surface area contributed by atoms with E-state index in [9.17, 15) is 0 Å². The Hall–Kier alpha value is -0.440. The predicted octanol–water partition coefficient (Wildman–Crippen LogP) is 3.47. The van der Waals surface area contributed by atoms with Crippen molar-refractivity contribution in [3.8, 4) is 12.3 Å². The highest BCUT2D eigenvalue weighted by molar-refractivity contribution is 4.73. The first-order valence-corrected chi connectivity index (χ1v) is 3.70. The van der Waals surface area contributed by atoms with E-state index >= 15 is 0 Å². The molecule has 0 aliphatic heterocycles. The van der Waals surface area contributed by atoms with Gasteiger partial charge in [0, 0.05) is 0 Å². The molecule has 0 unspecified atom stereocenters. The van der Waals surface area contributed by atoms with Crippen molar-refractivity contribution in [1.29, 1.82) is 0 Å². The van der Waals surface area contributed by atoms with Crippen molar-refractivity contribution < 1.29 is 0 Å². The predicted molar refractivity (Wildman–Crippen MR) is 46.4 cm³/mol. The van der Waals surface area contributed by atoms with E-state index in [1.54, 1.807) is 6.92 Å². The van der Waals surface area contributed by atoms with Gasteiger partial charge in [0.05, 0.1) is 0 Å². The monoisotopic (exact) mass is 128 g/mol. The molecule has 0 N–H and O–H groups in total. The minimum absolute atomic E-state index is 1.32. The lowest BCUT2D eigenvalue weighted by molar-refractivity contribution is 0.886. The second kappa shape index (κ2) is 49.6. The molecule has 0 radical (unpaired) electrons. The van der Waals surface area contributed by atoms with Crippen LogP contribution in [-0.2, 0) is 0 Å². The zero-order chi connectivity index (χ0) is 8.12. The number of hydrogen-bond donors (Lipinski definition) is 0. The first kappa shape index (κ1) is 15.8. The molecule has 9 heavy (non-hydrogen) atoms. The zero-order valence-electron chi connectivity index (χ0n) is 7.49. The van der Waals surface area contributed by atoms with Crippen LogP contribution in [0.15, 0.2) is 0 Å². The molecular weight excluding hydrogens is 108 g/mol. The van der Waals surface area contributed by atoms with E-state index in [-0.39, 0.29) is 0 Å². The molecule has 0 fully saturated rings. The van der Waals surface area contributed by atoms with Gasteiger partial charge in [-0.05, 0) is 6.92 Å². The van der Waals surface area contributed by atoms with Crippen LogP contribution in [0.5, 0.6) is 0 Å². The fourth-order valence-corrected chi connectivity index (χ4v) is 0. The van der Waals surface area contributed by atoms with Gasteiger partial charge in [-0.2, -0.15) is 0 Å². The van der Waals surface area contributed by atoms with Gasteiger partial charge in [-0.25, -0.2) is 0 Å². The second-order valence-electron chi connectivity index (χ2n) is 1.29. The van der Waals surface area contributed by atoms with Gasteiger partial charge in [0.15, 0.2) is 0 Å². The maximum Gasteiger partial charge on any atom is -0.00297 e. The summed E-state index contributed by atoms with van der Waals surface area (Å²) in [6.45, 7) is 10.0. The molecule has 0 aliphatic carbocycles. The van der Waals surface area contributed by atoms with E-state index < -0.39 is 0 Å². The Morgan fingerprint density at radius 3 is 1.22 bits per heavy atom. The molecule has 0 aromatic rings. The van der Waals surface area contributed by atoms with Crippen LogP contribution in [0.1, 0.15) is 47.5 Å². The van der Waals surface area contributed by atoms with Crippen LogP contribution in [0.2, 0.25) is 0 Å². The number of rotatable bonds is 1. The Morgan fingerprint density at radius 1 is 1.11 bits per heavy atom. The van der Waals surface area contributed by atoms with Gasteiger partial charge in [-0.3, -0.25) is 0 Å². The molecule has 0 nitrogen and oxygen atoms in total. The quantitative estimate of drug-likeness (QED) is 0.474. The molecule has 0 rings (SSSR count). The molecule has 0 bridgehead atoms. The minimum Gasteiger partial charge on any atom is -0.120 e. The summed E-state index contributed by atoms with van der Waals surface area (Å²) in [5.74, 6) is 2.25. The fourth-order valence-electron chi connectivity index (χ4n) is 0. The molecule has 0 aromatic heterocycles. The highest BCUT2D eigenvalue weighted by Gasteiger charge is 1.56. The average molecular weight is 128 g/mol. The van der Waals surface area contributed by atoms with Crippen molar-refractivity contribution in [3.05, 3.63) is 0 Å². The molecule has 0 spiro atoms. The van der Waals surface area contributed by atoms with Crippen LogP contribution in [0, 0.1) is 12.3 Å². The largest absolute Gasteiger partial charge is 0.120 e. The molecule has 0 heteroatoms. The van der Waals surface area contributed by atoms with Gasteiger partial charge in [0.25, 0.3) is 0 Å². The number of hydrogen-bond acceptors (Lipinski definition) is 0. The van der Waals surface area contributed by atoms with Crippen molar-refractivity contribution in [2.45, 2.75) is 47.5 Å². The number of terminal acetylenes is 1. The van der Waals surface area contributed by atoms with Gasteiger partial charge in [-0.1, -0.05) is 40.5 Å². The van der Waals surface area contributed by atoms with Crippen LogP contribution in [0.25, 0.3) is 0 Å². The lowest BCUT2D eigenvalue weighted by Crippen LogP contribution is -1.47. The Labute approximate surface area is 60.7 Å². The van der Waals surface area contributed by atoms with Crippen LogP contribution in [-0.4, -0.2) is 0 Å². The Kier molecular flexibility index (Phi) is 87.3. The first-order chi connectivity index (χ1) is 4.33. The van der Waals surface area contributed by atoms with Gasteiger partial charge in [0.1, 0.15) is 0 Å². The lowest BCUT2D eigenvalue weighted by atomic mass is 10.4. The van der Waals surface area contributed by atoms with E-state index in [1.807, 2.05) is 13.8 Å². The van der Waals surface area contributed by atoms with Crippen molar-refractivity contribution in [3.63, 3.8) is 0 Å². The molecule has 56 valence electrons. The van der Waals surface area contributed by atoms with E-state index in [4.69, 9.17) is 0 Å². The SMILES string of the molecule is C#CC.CC.CCCC. The summed E-state index contributed by atoms with van der Waals surface area (Å²) in [4.78, 5) is 0. The van der Waals surface area contributed by atoms with E-state index in [2.05, 4.69) is 26.2 Å². The van der Waals surface area contributed by atoms with E-state index in [0.717, 1.165) is 0 Å². The maximum absolute atomic E-state index is 4.60. The summed E-state index contributed by atoms with van der Waals surface area (Å²) in [6.07, 6.45) is 7.24. The van der Waals surface area contributed by atoms with E-state index in [0.29, 0.717) is 0 Å². The smallest absolute Gasteiger partial charge is 0.00297 e. The molecule has 0 amide bonds. The van der Waals surface area contributed by atoms with Crippen LogP contribution >= 0.6 is 0 Å². The van der Waals surface area contributed by atoms with Crippen LogP contribution < -0.4 is 0 Å². The minimum atomic E-state index is 1.32. The molecule has 0 saturated carbocycles. The zero-order valence-corrected chi connectivity index (χ0v) is 7.49. The highest BCUT2D eigenvalue weighted by atomic mass is 13.6. The van der Waals surface area contributed by atoms with Gasteiger partial charge >= 0.3 is 0 Å². The highest BCUT2D eigenvalue weighted by Crippen LogP contribution is 1.76. The van der Waals surface area contributed by atoms with Gasteiger partial charge in [0.2, 0.25) is 0 Å². The van der Waals surface area contributed by atoms with Crippen molar-refractivity contribution in [1.82, 2.24) is 0 Å². The third-order valence-electron chi connectivity index (χ3n) is 0.500. The molecule has 0 saturated heterocycles. The summed E-state index contributed by atoms with van der Waals surface area (Å²) >= 11 is 0. The molecule has 0 aromatic carbocycles. The Balaban J connectivity index is -0.0000000646. The standard InChI is InChI=1S/C4H10.C3H4.C2H6/c1-3-4-2;1-3-2;1-2/h3-4H2,1-2H3;1H,2H3;1-2H3. The topological polar surface area (TPSA) is 0 Å².